The molecule has 0 aromatic heterocycles. The average Bonchev–Trinajstić information content (AvgIpc) is 2.82. The second-order valence-electron chi connectivity index (χ2n) is 7.67. The zero-order chi connectivity index (χ0) is 20.1. The topological polar surface area (TPSA) is 18.5 Å². The van der Waals surface area contributed by atoms with Gasteiger partial charge in [-0.05, 0) is 39.7 Å². The van der Waals surface area contributed by atoms with Crippen molar-refractivity contribution in [2.24, 2.45) is 0 Å². The van der Waals surface area contributed by atoms with Gasteiger partial charge in [0.2, 0.25) is 0 Å². The first-order valence-electron chi connectivity index (χ1n) is 10.2. The summed E-state index contributed by atoms with van der Waals surface area (Å²) in [5.74, 6) is 2.72. The number of benzene rings is 5. The molecule has 0 saturated heterocycles. The summed E-state index contributed by atoms with van der Waals surface area (Å²) in [6.45, 7) is 0. The first kappa shape index (κ1) is 17.1. The molecule has 0 fully saturated rings. The van der Waals surface area contributed by atoms with Gasteiger partial charge in [0, 0.05) is 22.6 Å². The van der Waals surface area contributed by atoms with Crippen molar-refractivity contribution in [1.82, 2.24) is 0 Å². The highest BCUT2D eigenvalue weighted by molar-refractivity contribution is 5.95. The third-order valence-electron chi connectivity index (χ3n) is 6.11. The molecular formula is C28H20O2. The van der Waals surface area contributed by atoms with E-state index in [0.717, 1.165) is 22.8 Å². The summed E-state index contributed by atoms with van der Waals surface area (Å²) < 4.78 is 12.3. The number of fused-ring (bicyclic) bond motifs is 6. The summed E-state index contributed by atoms with van der Waals surface area (Å²) in [6, 6.07) is 33.9. The van der Waals surface area contributed by atoms with Gasteiger partial charge in [-0.3, -0.25) is 0 Å². The number of hydrogen-bond acceptors (Lipinski definition) is 2. The van der Waals surface area contributed by atoms with E-state index in [-0.39, 0.29) is 5.92 Å². The average molecular weight is 388 g/mol. The van der Waals surface area contributed by atoms with E-state index in [9.17, 15) is 0 Å². The van der Waals surface area contributed by atoms with Crippen molar-refractivity contribution in [3.8, 4) is 17.2 Å². The molecule has 0 N–H and O–H groups in total. The third-order valence-corrected chi connectivity index (χ3v) is 6.11. The molecular weight excluding hydrogens is 368 g/mol. The van der Waals surface area contributed by atoms with Crippen LogP contribution < -0.4 is 9.47 Å². The van der Waals surface area contributed by atoms with Gasteiger partial charge >= 0.3 is 0 Å². The maximum Gasteiger partial charge on any atom is 0.132 e. The molecule has 0 spiro atoms. The van der Waals surface area contributed by atoms with Crippen LogP contribution in [0.5, 0.6) is 17.2 Å². The standard InChI is InChI=1S/C28H20O2/c1-29-23-13-7-6-12-22(23)28-26-20-10-4-2-8-18(20)14-16-24(26)30-25-17-15-19-9-3-5-11-21(19)27(25)28/h2-17,28H,1H3. The van der Waals surface area contributed by atoms with Crippen LogP contribution in [0.1, 0.15) is 22.6 Å². The van der Waals surface area contributed by atoms with Crippen molar-refractivity contribution in [2.45, 2.75) is 5.92 Å². The van der Waals surface area contributed by atoms with Gasteiger partial charge in [0.15, 0.2) is 0 Å². The highest BCUT2D eigenvalue weighted by Crippen LogP contribution is 2.53. The first-order valence-corrected chi connectivity index (χ1v) is 10.2. The lowest BCUT2D eigenvalue weighted by atomic mass is 9.78. The van der Waals surface area contributed by atoms with E-state index in [1.54, 1.807) is 7.11 Å². The Morgan fingerprint density at radius 2 is 1.13 bits per heavy atom. The zero-order valence-electron chi connectivity index (χ0n) is 16.6. The fraction of sp³-hybridized carbons (Fsp3) is 0.0714. The van der Waals surface area contributed by atoms with Crippen molar-refractivity contribution in [2.75, 3.05) is 7.11 Å². The van der Waals surface area contributed by atoms with Gasteiger partial charge in [0.1, 0.15) is 17.2 Å². The van der Waals surface area contributed by atoms with Crippen molar-refractivity contribution >= 4 is 21.5 Å². The van der Waals surface area contributed by atoms with Crippen LogP contribution in [0.15, 0.2) is 97.1 Å². The summed E-state index contributed by atoms with van der Waals surface area (Å²) in [7, 11) is 1.74. The summed E-state index contributed by atoms with van der Waals surface area (Å²) in [4.78, 5) is 0. The molecule has 0 unspecified atom stereocenters. The lowest BCUT2D eigenvalue weighted by molar-refractivity contribution is 0.406. The molecule has 0 saturated carbocycles. The van der Waals surface area contributed by atoms with Crippen LogP contribution in [0.3, 0.4) is 0 Å². The quantitative estimate of drug-likeness (QED) is 0.310. The van der Waals surface area contributed by atoms with Gasteiger partial charge in [-0.2, -0.15) is 0 Å². The van der Waals surface area contributed by atoms with E-state index < -0.39 is 0 Å². The molecule has 0 amide bonds. The number of hydrogen-bond donors (Lipinski definition) is 0. The van der Waals surface area contributed by atoms with Gasteiger partial charge in [-0.25, -0.2) is 0 Å². The van der Waals surface area contributed by atoms with Crippen molar-refractivity contribution < 1.29 is 9.47 Å². The predicted octanol–water partition coefficient (Wildman–Crippen LogP) is 7.29. The molecule has 5 aromatic rings. The molecule has 0 atom stereocenters. The minimum atomic E-state index is 0.0112. The minimum absolute atomic E-state index is 0.0112. The summed E-state index contributed by atoms with van der Waals surface area (Å²) in [6.07, 6.45) is 0. The number of para-hydroxylation sites is 1. The maximum atomic E-state index is 6.48. The van der Waals surface area contributed by atoms with E-state index >= 15 is 0 Å². The minimum Gasteiger partial charge on any atom is -0.496 e. The molecule has 5 aromatic carbocycles. The summed E-state index contributed by atoms with van der Waals surface area (Å²) in [5.41, 5.74) is 3.54. The molecule has 144 valence electrons. The molecule has 30 heavy (non-hydrogen) atoms. The van der Waals surface area contributed by atoms with Gasteiger partial charge < -0.3 is 9.47 Å². The Kier molecular flexibility index (Phi) is 3.78. The lowest BCUT2D eigenvalue weighted by Gasteiger charge is -2.31. The molecule has 2 heteroatoms. The molecule has 2 nitrogen and oxygen atoms in total. The van der Waals surface area contributed by atoms with Crippen LogP contribution in [0.4, 0.5) is 0 Å². The number of ether oxygens (including phenoxy) is 2. The van der Waals surface area contributed by atoms with Gasteiger partial charge in [0.25, 0.3) is 0 Å². The van der Waals surface area contributed by atoms with E-state index in [1.165, 1.54) is 32.7 Å². The largest absolute Gasteiger partial charge is 0.496 e. The van der Waals surface area contributed by atoms with Crippen LogP contribution in [-0.4, -0.2) is 7.11 Å². The Morgan fingerprint density at radius 3 is 1.73 bits per heavy atom. The summed E-state index contributed by atoms with van der Waals surface area (Å²) in [5, 5.41) is 4.85. The maximum absolute atomic E-state index is 6.48. The second-order valence-corrected chi connectivity index (χ2v) is 7.67. The van der Waals surface area contributed by atoms with Gasteiger partial charge in [-0.15, -0.1) is 0 Å². The van der Waals surface area contributed by atoms with E-state index in [0.29, 0.717) is 0 Å². The van der Waals surface area contributed by atoms with Gasteiger partial charge in [0.05, 0.1) is 7.11 Å². The third kappa shape index (κ3) is 2.44. The molecule has 1 aliphatic rings. The van der Waals surface area contributed by atoms with Gasteiger partial charge in [-0.1, -0.05) is 78.9 Å². The smallest absolute Gasteiger partial charge is 0.132 e. The Labute approximate surface area is 175 Å². The Hall–Kier alpha value is -3.78. The van der Waals surface area contributed by atoms with E-state index in [1.807, 2.05) is 12.1 Å². The predicted molar refractivity (Wildman–Crippen MR) is 122 cm³/mol. The van der Waals surface area contributed by atoms with Crippen LogP contribution in [0.2, 0.25) is 0 Å². The van der Waals surface area contributed by atoms with E-state index in [4.69, 9.17) is 9.47 Å². The summed E-state index contributed by atoms with van der Waals surface area (Å²) >= 11 is 0. The molecule has 1 aliphatic heterocycles. The van der Waals surface area contributed by atoms with E-state index in [2.05, 4.69) is 84.9 Å². The van der Waals surface area contributed by atoms with Crippen LogP contribution >= 0.6 is 0 Å². The fourth-order valence-corrected chi connectivity index (χ4v) is 4.80. The highest BCUT2D eigenvalue weighted by Gasteiger charge is 2.33. The number of methoxy groups -OCH3 is 1. The highest BCUT2D eigenvalue weighted by atomic mass is 16.5. The number of rotatable bonds is 2. The SMILES string of the molecule is COc1ccccc1C1c2c(ccc3ccccc23)Oc2ccc3ccccc3c21. The Bertz CT molecular complexity index is 1330. The monoisotopic (exact) mass is 388 g/mol. The Balaban J connectivity index is 1.77. The zero-order valence-corrected chi connectivity index (χ0v) is 16.6. The molecule has 6 rings (SSSR count). The molecule has 0 radical (unpaired) electrons. The van der Waals surface area contributed by atoms with Crippen LogP contribution in [0.25, 0.3) is 21.5 Å². The molecule has 0 aliphatic carbocycles. The molecule has 1 heterocycles. The fourth-order valence-electron chi connectivity index (χ4n) is 4.80. The Morgan fingerprint density at radius 1 is 0.600 bits per heavy atom. The normalized spacial score (nSPS) is 13.0. The first-order chi connectivity index (χ1) is 14.8. The van der Waals surface area contributed by atoms with Crippen molar-refractivity contribution in [3.05, 3.63) is 114 Å². The molecule has 0 bridgehead atoms. The lowest BCUT2D eigenvalue weighted by Crippen LogP contribution is -2.13. The van der Waals surface area contributed by atoms with Crippen molar-refractivity contribution in [3.63, 3.8) is 0 Å². The van der Waals surface area contributed by atoms with Crippen LogP contribution in [0, 0.1) is 0 Å². The van der Waals surface area contributed by atoms with Crippen LogP contribution in [-0.2, 0) is 0 Å². The second kappa shape index (κ2) is 6.64. The van der Waals surface area contributed by atoms with Crippen molar-refractivity contribution in [1.29, 1.82) is 0 Å².